The fraction of sp³-hybridized carbons (Fsp3) is 0.692. The van der Waals surface area contributed by atoms with Crippen LogP contribution in [0.2, 0.25) is 5.02 Å². The molecule has 1 saturated carbocycles. The molecule has 0 saturated heterocycles. The minimum absolute atomic E-state index is 0.215. The van der Waals surface area contributed by atoms with Gasteiger partial charge in [-0.25, -0.2) is 0 Å². The molecule has 0 aliphatic heterocycles. The molecule has 0 atom stereocenters. The molecule has 100 valence electrons. The van der Waals surface area contributed by atoms with Crippen LogP contribution in [0.3, 0.4) is 0 Å². The van der Waals surface area contributed by atoms with Crippen LogP contribution in [0.15, 0.2) is 0 Å². The third-order valence-corrected chi connectivity index (χ3v) is 4.62. The summed E-state index contributed by atoms with van der Waals surface area (Å²) in [6, 6.07) is 0. The Morgan fingerprint density at radius 1 is 1.50 bits per heavy atom. The van der Waals surface area contributed by atoms with Gasteiger partial charge in [0.2, 0.25) is 0 Å². The van der Waals surface area contributed by atoms with Crippen LogP contribution in [0.25, 0.3) is 0 Å². The molecule has 0 radical (unpaired) electrons. The standard InChI is InChI=1S/C13H20ClN3O/c1-9-12(14)10(17(2)16-9)7-11(18)13(8-15)5-3-4-6-13/h3-8,15H2,1-2H3. The molecule has 1 aromatic heterocycles. The summed E-state index contributed by atoms with van der Waals surface area (Å²) < 4.78 is 1.70. The zero-order valence-electron chi connectivity index (χ0n) is 11.0. The molecule has 1 fully saturated rings. The lowest BCUT2D eigenvalue weighted by Crippen LogP contribution is -2.37. The zero-order chi connectivity index (χ0) is 13.3. The number of rotatable bonds is 4. The Labute approximate surface area is 112 Å². The summed E-state index contributed by atoms with van der Waals surface area (Å²) in [4.78, 5) is 12.5. The van der Waals surface area contributed by atoms with Gasteiger partial charge in [-0.2, -0.15) is 5.10 Å². The Hall–Kier alpha value is -0.870. The highest BCUT2D eigenvalue weighted by atomic mass is 35.5. The maximum atomic E-state index is 12.5. The van der Waals surface area contributed by atoms with Gasteiger partial charge in [-0.05, 0) is 19.8 Å². The van der Waals surface area contributed by atoms with Crippen molar-refractivity contribution in [2.24, 2.45) is 18.2 Å². The smallest absolute Gasteiger partial charge is 0.146 e. The lowest BCUT2D eigenvalue weighted by Gasteiger charge is -2.25. The van der Waals surface area contributed by atoms with Crippen LogP contribution in [0.5, 0.6) is 0 Å². The lowest BCUT2D eigenvalue weighted by atomic mass is 9.80. The Bertz CT molecular complexity index is 461. The van der Waals surface area contributed by atoms with Crippen LogP contribution in [0.4, 0.5) is 0 Å². The largest absolute Gasteiger partial charge is 0.329 e. The quantitative estimate of drug-likeness (QED) is 0.910. The topological polar surface area (TPSA) is 60.9 Å². The van der Waals surface area contributed by atoms with E-state index in [0.29, 0.717) is 18.0 Å². The van der Waals surface area contributed by atoms with Crippen molar-refractivity contribution >= 4 is 17.4 Å². The average molecular weight is 270 g/mol. The molecule has 0 amide bonds. The first-order chi connectivity index (χ1) is 8.50. The molecule has 0 unspecified atom stereocenters. The summed E-state index contributed by atoms with van der Waals surface area (Å²) in [5.41, 5.74) is 7.09. The fourth-order valence-electron chi connectivity index (χ4n) is 2.86. The summed E-state index contributed by atoms with van der Waals surface area (Å²) in [6.07, 6.45) is 4.36. The maximum absolute atomic E-state index is 12.5. The van der Waals surface area contributed by atoms with Crippen LogP contribution >= 0.6 is 11.6 Å². The Morgan fingerprint density at radius 2 is 2.11 bits per heavy atom. The molecule has 4 nitrogen and oxygen atoms in total. The molecule has 0 spiro atoms. The monoisotopic (exact) mass is 269 g/mol. The summed E-state index contributed by atoms with van der Waals surface area (Å²) >= 11 is 6.19. The molecule has 18 heavy (non-hydrogen) atoms. The average Bonchev–Trinajstić information content (AvgIpc) is 2.91. The normalized spacial score (nSPS) is 18.2. The summed E-state index contributed by atoms with van der Waals surface area (Å²) in [7, 11) is 1.82. The second-order valence-corrected chi connectivity index (χ2v) is 5.64. The predicted molar refractivity (Wildman–Crippen MR) is 71.6 cm³/mol. The van der Waals surface area contributed by atoms with E-state index >= 15 is 0 Å². The minimum Gasteiger partial charge on any atom is -0.329 e. The van der Waals surface area contributed by atoms with E-state index in [4.69, 9.17) is 17.3 Å². The highest BCUT2D eigenvalue weighted by Gasteiger charge is 2.39. The minimum atomic E-state index is -0.318. The van der Waals surface area contributed by atoms with Crippen molar-refractivity contribution < 1.29 is 4.79 Å². The van der Waals surface area contributed by atoms with Crippen molar-refractivity contribution in [1.29, 1.82) is 0 Å². The third kappa shape index (κ3) is 2.19. The van der Waals surface area contributed by atoms with Crippen molar-refractivity contribution in [2.45, 2.75) is 39.0 Å². The van der Waals surface area contributed by atoms with Crippen LogP contribution in [0, 0.1) is 12.3 Å². The number of Topliss-reactive ketones (excluding diaryl/α,β-unsaturated/α-hetero) is 1. The van der Waals surface area contributed by atoms with Gasteiger partial charge in [0, 0.05) is 19.0 Å². The second kappa shape index (κ2) is 5.02. The van der Waals surface area contributed by atoms with E-state index in [1.54, 1.807) is 4.68 Å². The van der Waals surface area contributed by atoms with Gasteiger partial charge in [0.25, 0.3) is 0 Å². The van der Waals surface area contributed by atoms with Gasteiger partial charge in [0.1, 0.15) is 5.78 Å². The zero-order valence-corrected chi connectivity index (χ0v) is 11.8. The van der Waals surface area contributed by atoms with Crippen molar-refractivity contribution in [3.8, 4) is 0 Å². The first kappa shape index (κ1) is 13.6. The molecule has 1 aliphatic rings. The summed E-state index contributed by atoms with van der Waals surface area (Å²) in [6.45, 7) is 2.30. The number of aryl methyl sites for hydroxylation is 2. The molecule has 0 aromatic carbocycles. The van der Waals surface area contributed by atoms with Gasteiger partial charge in [0.15, 0.2) is 0 Å². The number of hydrogen-bond acceptors (Lipinski definition) is 3. The van der Waals surface area contributed by atoms with Crippen molar-refractivity contribution in [3.05, 3.63) is 16.4 Å². The van der Waals surface area contributed by atoms with E-state index in [1.807, 2.05) is 14.0 Å². The lowest BCUT2D eigenvalue weighted by molar-refractivity contribution is -0.127. The van der Waals surface area contributed by atoms with Crippen molar-refractivity contribution in [1.82, 2.24) is 9.78 Å². The van der Waals surface area contributed by atoms with Gasteiger partial charge in [0.05, 0.1) is 22.8 Å². The SMILES string of the molecule is Cc1nn(C)c(CC(=O)C2(CN)CCCC2)c1Cl. The van der Waals surface area contributed by atoms with Gasteiger partial charge >= 0.3 is 0 Å². The van der Waals surface area contributed by atoms with Crippen LogP contribution < -0.4 is 5.73 Å². The number of hydrogen-bond donors (Lipinski definition) is 1. The first-order valence-corrected chi connectivity index (χ1v) is 6.79. The van der Waals surface area contributed by atoms with E-state index < -0.39 is 0 Å². The number of nitrogens with two attached hydrogens (primary N) is 1. The third-order valence-electron chi connectivity index (χ3n) is 4.13. The highest BCUT2D eigenvalue weighted by Crippen LogP contribution is 2.39. The number of halogens is 1. The van der Waals surface area contributed by atoms with Gasteiger partial charge in [-0.1, -0.05) is 24.4 Å². The highest BCUT2D eigenvalue weighted by molar-refractivity contribution is 6.32. The molecule has 1 aliphatic carbocycles. The van der Waals surface area contributed by atoms with E-state index in [2.05, 4.69) is 5.10 Å². The summed E-state index contributed by atoms with van der Waals surface area (Å²) in [5, 5.41) is 4.85. The molecular weight excluding hydrogens is 250 g/mol. The van der Waals surface area contributed by atoms with E-state index in [9.17, 15) is 4.79 Å². The van der Waals surface area contributed by atoms with E-state index in [0.717, 1.165) is 37.1 Å². The van der Waals surface area contributed by atoms with Crippen LogP contribution in [0.1, 0.15) is 37.1 Å². The van der Waals surface area contributed by atoms with E-state index in [1.165, 1.54) is 0 Å². The molecule has 1 aromatic rings. The molecule has 1 heterocycles. The number of ketones is 1. The van der Waals surface area contributed by atoms with Gasteiger partial charge in [-0.15, -0.1) is 0 Å². The number of aromatic nitrogens is 2. The Kier molecular flexibility index (Phi) is 3.78. The first-order valence-electron chi connectivity index (χ1n) is 6.41. The summed E-state index contributed by atoms with van der Waals surface area (Å²) in [5.74, 6) is 0.215. The molecule has 2 N–H and O–H groups in total. The van der Waals surface area contributed by atoms with Gasteiger partial charge < -0.3 is 5.73 Å². The van der Waals surface area contributed by atoms with E-state index in [-0.39, 0.29) is 11.2 Å². The van der Waals surface area contributed by atoms with Crippen LogP contribution in [-0.2, 0) is 18.3 Å². The Balaban J connectivity index is 2.21. The number of carbonyl (C=O) groups excluding carboxylic acids is 1. The van der Waals surface area contributed by atoms with Gasteiger partial charge in [-0.3, -0.25) is 9.48 Å². The Morgan fingerprint density at radius 3 is 2.56 bits per heavy atom. The van der Waals surface area contributed by atoms with Crippen LogP contribution in [-0.4, -0.2) is 22.1 Å². The molecular formula is C13H20ClN3O. The second-order valence-electron chi connectivity index (χ2n) is 5.26. The predicted octanol–water partition coefficient (Wildman–Crippen LogP) is 2.01. The van der Waals surface area contributed by atoms with Crippen molar-refractivity contribution in [3.63, 3.8) is 0 Å². The molecule has 0 bridgehead atoms. The maximum Gasteiger partial charge on any atom is 0.146 e. The number of carbonyl (C=O) groups is 1. The number of nitrogens with zero attached hydrogens (tertiary/aromatic N) is 2. The molecule has 2 rings (SSSR count). The fourth-order valence-corrected chi connectivity index (χ4v) is 3.09. The molecule has 5 heteroatoms. The van der Waals surface area contributed by atoms with Crippen molar-refractivity contribution in [2.75, 3.05) is 6.54 Å².